The van der Waals surface area contributed by atoms with Gasteiger partial charge in [0.1, 0.15) is 27.7 Å². The topological polar surface area (TPSA) is 117 Å². The molecule has 0 unspecified atom stereocenters. The van der Waals surface area contributed by atoms with Crippen LogP contribution in [0.2, 0.25) is 0 Å². The number of aromatic hydroxyl groups is 1. The number of carbonyl (C=O) groups is 1. The van der Waals surface area contributed by atoms with Crippen LogP contribution in [0.25, 0.3) is 0 Å². The summed E-state index contributed by atoms with van der Waals surface area (Å²) in [6, 6.07) is 4.78. The largest absolute Gasteiger partial charge is 0.507 e. The maximum absolute atomic E-state index is 12.2. The van der Waals surface area contributed by atoms with Gasteiger partial charge in [0.15, 0.2) is 0 Å². The van der Waals surface area contributed by atoms with Crippen molar-refractivity contribution >= 4 is 21.7 Å². The summed E-state index contributed by atoms with van der Waals surface area (Å²) < 4.78 is 31.8. The fourth-order valence-corrected chi connectivity index (χ4v) is 3.15. The van der Waals surface area contributed by atoms with Crippen molar-refractivity contribution in [1.82, 2.24) is 0 Å². The van der Waals surface area contributed by atoms with Gasteiger partial charge in [-0.05, 0) is 26.0 Å². The molecule has 0 aliphatic rings. The lowest BCUT2D eigenvalue weighted by Crippen LogP contribution is -2.13. The summed E-state index contributed by atoms with van der Waals surface area (Å²) in [6.07, 6.45) is 0. The number of furan rings is 1. The molecule has 0 atom stereocenters. The van der Waals surface area contributed by atoms with E-state index in [9.17, 15) is 18.3 Å². The van der Waals surface area contributed by atoms with Crippen molar-refractivity contribution in [3.63, 3.8) is 0 Å². The first-order valence-corrected chi connectivity index (χ1v) is 7.35. The van der Waals surface area contributed by atoms with Crippen molar-refractivity contribution in [1.29, 1.82) is 0 Å². The van der Waals surface area contributed by atoms with Crippen LogP contribution in [-0.4, -0.2) is 24.6 Å². The summed E-state index contributed by atoms with van der Waals surface area (Å²) in [5.74, 6) is -1.13. The van der Waals surface area contributed by atoms with E-state index in [-0.39, 0.29) is 21.9 Å². The van der Waals surface area contributed by atoms with Crippen molar-refractivity contribution in [2.24, 2.45) is 0 Å². The van der Waals surface area contributed by atoms with E-state index in [1.54, 1.807) is 6.92 Å². The summed E-state index contributed by atoms with van der Waals surface area (Å²) in [6.45, 7) is 3.14. The predicted octanol–water partition coefficient (Wildman–Crippen LogP) is 2.10. The summed E-state index contributed by atoms with van der Waals surface area (Å²) >= 11 is 0. The maximum atomic E-state index is 12.2. The van der Waals surface area contributed by atoms with Crippen LogP contribution in [0.15, 0.2) is 33.6 Å². The molecular formula is C13H13NO6S. The number of hydrogen-bond donors (Lipinski definition) is 3. The molecule has 1 aromatic heterocycles. The molecule has 7 nitrogen and oxygen atoms in total. The second-order valence-corrected chi connectivity index (χ2v) is 6.07. The molecule has 0 fully saturated rings. The fourth-order valence-electron chi connectivity index (χ4n) is 1.86. The molecule has 1 heterocycles. The van der Waals surface area contributed by atoms with E-state index in [1.807, 2.05) is 0 Å². The zero-order valence-electron chi connectivity index (χ0n) is 11.2. The number of carboxylic acids is 1. The minimum Gasteiger partial charge on any atom is -0.507 e. The number of carboxylic acid groups (broad SMARTS) is 1. The van der Waals surface area contributed by atoms with Crippen molar-refractivity contribution in [2.45, 2.75) is 18.7 Å². The van der Waals surface area contributed by atoms with Gasteiger partial charge in [0, 0.05) is 12.1 Å². The Morgan fingerprint density at radius 3 is 2.38 bits per heavy atom. The predicted molar refractivity (Wildman–Crippen MR) is 74.1 cm³/mol. The van der Waals surface area contributed by atoms with Crippen LogP contribution in [0.4, 0.5) is 5.69 Å². The van der Waals surface area contributed by atoms with Crippen molar-refractivity contribution in [3.05, 3.63) is 41.3 Å². The molecule has 0 aliphatic heterocycles. The van der Waals surface area contributed by atoms with Crippen LogP contribution in [0.3, 0.4) is 0 Å². The summed E-state index contributed by atoms with van der Waals surface area (Å²) in [5.41, 5.74) is -0.260. The van der Waals surface area contributed by atoms with E-state index < -0.39 is 21.7 Å². The Hall–Kier alpha value is -2.48. The zero-order valence-corrected chi connectivity index (χ0v) is 12.1. The first-order chi connectivity index (χ1) is 9.70. The molecule has 2 aromatic rings. The molecule has 0 saturated carbocycles. The lowest BCUT2D eigenvalue weighted by Gasteiger charge is -2.08. The molecule has 1 aromatic carbocycles. The normalized spacial score (nSPS) is 11.3. The second-order valence-electron chi connectivity index (χ2n) is 4.42. The van der Waals surface area contributed by atoms with Crippen LogP contribution in [-0.2, 0) is 10.0 Å². The van der Waals surface area contributed by atoms with Crippen molar-refractivity contribution < 1.29 is 27.8 Å². The smallest absolute Gasteiger partial charge is 0.339 e. The van der Waals surface area contributed by atoms with Gasteiger partial charge in [-0.1, -0.05) is 0 Å². The average Bonchev–Trinajstić information content (AvgIpc) is 2.68. The van der Waals surface area contributed by atoms with Gasteiger partial charge >= 0.3 is 5.97 Å². The number of benzene rings is 1. The second kappa shape index (κ2) is 5.13. The Kier molecular flexibility index (Phi) is 3.65. The van der Waals surface area contributed by atoms with E-state index in [0.717, 1.165) is 12.1 Å². The number of hydrogen-bond acceptors (Lipinski definition) is 5. The molecule has 112 valence electrons. The lowest BCUT2D eigenvalue weighted by molar-refractivity contribution is 0.0694. The molecule has 0 saturated heterocycles. The Morgan fingerprint density at radius 1 is 1.24 bits per heavy atom. The van der Waals surface area contributed by atoms with Gasteiger partial charge < -0.3 is 14.6 Å². The van der Waals surface area contributed by atoms with Gasteiger partial charge in [-0.15, -0.1) is 0 Å². The first kappa shape index (κ1) is 14.9. The average molecular weight is 311 g/mol. The highest BCUT2D eigenvalue weighted by Gasteiger charge is 2.21. The number of aromatic carboxylic acids is 1. The van der Waals surface area contributed by atoms with Crippen LogP contribution in [0.5, 0.6) is 5.75 Å². The summed E-state index contributed by atoms with van der Waals surface area (Å²) in [7, 11) is -3.88. The summed E-state index contributed by atoms with van der Waals surface area (Å²) in [4.78, 5) is 10.8. The van der Waals surface area contributed by atoms with E-state index in [0.29, 0.717) is 5.76 Å². The van der Waals surface area contributed by atoms with Crippen LogP contribution < -0.4 is 4.72 Å². The van der Waals surface area contributed by atoms with Crippen LogP contribution >= 0.6 is 0 Å². The molecule has 0 amide bonds. The molecule has 8 heteroatoms. The zero-order chi connectivity index (χ0) is 15.8. The maximum Gasteiger partial charge on any atom is 0.339 e. The number of nitrogens with one attached hydrogen (secondary N) is 1. The first-order valence-electron chi connectivity index (χ1n) is 5.87. The molecule has 0 aliphatic carbocycles. The van der Waals surface area contributed by atoms with Crippen molar-refractivity contribution in [3.8, 4) is 5.75 Å². The monoisotopic (exact) mass is 311 g/mol. The molecule has 0 bridgehead atoms. The SMILES string of the molecule is Cc1cc(S(=O)(=O)Nc2ccc(C(=O)O)c(O)c2)c(C)o1. The highest BCUT2D eigenvalue weighted by atomic mass is 32.2. The minimum atomic E-state index is -3.88. The number of aryl methyl sites for hydroxylation is 2. The molecule has 3 N–H and O–H groups in total. The molecule has 0 radical (unpaired) electrons. The Morgan fingerprint density at radius 2 is 1.90 bits per heavy atom. The molecule has 2 rings (SSSR count). The number of phenols is 1. The molecular weight excluding hydrogens is 298 g/mol. The van der Waals surface area contributed by atoms with Crippen LogP contribution in [0, 0.1) is 13.8 Å². The van der Waals surface area contributed by atoms with Gasteiger partial charge in [-0.25, -0.2) is 13.2 Å². The van der Waals surface area contributed by atoms with E-state index in [2.05, 4.69) is 4.72 Å². The quantitative estimate of drug-likeness (QED) is 0.796. The third-order valence-electron chi connectivity index (χ3n) is 2.77. The summed E-state index contributed by atoms with van der Waals surface area (Å²) in [5, 5.41) is 18.3. The van der Waals surface area contributed by atoms with Gasteiger partial charge in [0.25, 0.3) is 10.0 Å². The number of rotatable bonds is 4. The number of sulfonamides is 1. The third kappa shape index (κ3) is 3.00. The standard InChI is InChI=1S/C13H13NO6S/c1-7-5-12(8(2)20-7)21(18,19)14-9-3-4-10(13(16)17)11(15)6-9/h3-6,14-15H,1-2H3,(H,16,17). The van der Waals surface area contributed by atoms with Crippen molar-refractivity contribution in [2.75, 3.05) is 4.72 Å². The van der Waals surface area contributed by atoms with Crippen LogP contribution in [0.1, 0.15) is 21.9 Å². The van der Waals surface area contributed by atoms with Gasteiger partial charge in [-0.2, -0.15) is 0 Å². The van der Waals surface area contributed by atoms with E-state index >= 15 is 0 Å². The fraction of sp³-hybridized carbons (Fsp3) is 0.154. The van der Waals surface area contributed by atoms with Gasteiger partial charge in [0.2, 0.25) is 0 Å². The minimum absolute atomic E-state index is 0.0122. The lowest BCUT2D eigenvalue weighted by atomic mass is 10.2. The Balaban J connectivity index is 2.35. The highest BCUT2D eigenvalue weighted by Crippen LogP contribution is 2.26. The number of anilines is 1. The highest BCUT2D eigenvalue weighted by molar-refractivity contribution is 7.92. The van der Waals surface area contributed by atoms with Gasteiger partial charge in [0.05, 0.1) is 5.69 Å². The third-order valence-corrected chi connectivity index (χ3v) is 4.25. The Labute approximate surface area is 120 Å². The molecule has 21 heavy (non-hydrogen) atoms. The van der Waals surface area contributed by atoms with Gasteiger partial charge in [-0.3, -0.25) is 4.72 Å². The Bertz CT molecular complexity index is 806. The van der Waals surface area contributed by atoms with E-state index in [4.69, 9.17) is 9.52 Å². The van der Waals surface area contributed by atoms with E-state index in [1.165, 1.54) is 19.1 Å². The molecule has 0 spiro atoms.